The van der Waals surface area contributed by atoms with Gasteiger partial charge < -0.3 is 5.32 Å². The van der Waals surface area contributed by atoms with E-state index in [4.69, 9.17) is 0 Å². The Morgan fingerprint density at radius 1 is 1.37 bits per heavy atom. The van der Waals surface area contributed by atoms with Crippen molar-refractivity contribution in [3.63, 3.8) is 0 Å². The van der Waals surface area contributed by atoms with E-state index >= 15 is 0 Å². The zero-order valence-electron chi connectivity index (χ0n) is 9.70. The molecule has 1 saturated carbocycles. The summed E-state index contributed by atoms with van der Waals surface area (Å²) in [4.78, 5) is 8.27. The van der Waals surface area contributed by atoms with Crippen LogP contribution in [0.25, 0.3) is 0 Å². The zero-order chi connectivity index (χ0) is 13.5. The molecule has 0 bridgehead atoms. The molecule has 2 N–H and O–H groups in total. The maximum Gasteiger partial charge on any atom is 0.249 e. The van der Waals surface area contributed by atoms with Crippen LogP contribution in [0.2, 0.25) is 0 Å². The highest BCUT2D eigenvalue weighted by molar-refractivity contribution is 9.10. The van der Waals surface area contributed by atoms with Gasteiger partial charge in [0.1, 0.15) is 11.6 Å². The maximum atomic E-state index is 12.8. The van der Waals surface area contributed by atoms with E-state index in [0.717, 1.165) is 4.47 Å². The lowest BCUT2D eigenvalue weighted by atomic mass is 9.81. The van der Waals surface area contributed by atoms with Gasteiger partial charge in [0, 0.05) is 29.4 Å². The summed E-state index contributed by atoms with van der Waals surface area (Å²) in [5.74, 6) is -1.38. The third kappa shape index (κ3) is 2.73. The SMILES string of the molecule is FC1(F)CC(c2nc(Nc3ccc(Br)cn3)n[nH]2)C1. The number of nitrogens with one attached hydrogen (secondary N) is 2. The van der Waals surface area contributed by atoms with E-state index in [0.29, 0.717) is 17.6 Å². The van der Waals surface area contributed by atoms with Crippen molar-refractivity contribution < 1.29 is 8.78 Å². The number of aromatic amines is 1. The minimum atomic E-state index is -2.56. The summed E-state index contributed by atoms with van der Waals surface area (Å²) in [5.41, 5.74) is 0. The molecule has 1 aliphatic rings. The van der Waals surface area contributed by atoms with Gasteiger partial charge in [-0.2, -0.15) is 4.98 Å². The van der Waals surface area contributed by atoms with Crippen LogP contribution in [0.15, 0.2) is 22.8 Å². The lowest BCUT2D eigenvalue weighted by Crippen LogP contribution is -2.34. The van der Waals surface area contributed by atoms with Crippen LogP contribution in [0.1, 0.15) is 24.6 Å². The molecule has 19 heavy (non-hydrogen) atoms. The molecule has 2 aromatic rings. The normalized spacial score (nSPS) is 18.1. The molecule has 0 saturated heterocycles. The standard InChI is InChI=1S/C11H10BrF2N5/c12-7-1-2-8(15-5-7)16-10-17-9(18-19-10)6-3-11(13,14)4-6/h1-2,5-6H,3-4H2,(H2,15,16,17,18,19). The number of H-pyrrole nitrogens is 1. The number of rotatable bonds is 3. The number of anilines is 2. The van der Waals surface area contributed by atoms with Crippen LogP contribution in [0, 0.1) is 0 Å². The number of nitrogens with zero attached hydrogens (tertiary/aromatic N) is 3. The third-order valence-electron chi connectivity index (χ3n) is 2.95. The van der Waals surface area contributed by atoms with Crippen molar-refractivity contribution >= 4 is 27.7 Å². The van der Waals surface area contributed by atoms with Crippen LogP contribution in [0.5, 0.6) is 0 Å². The second kappa shape index (κ2) is 4.52. The summed E-state index contributed by atoms with van der Waals surface area (Å²) < 4.78 is 26.4. The van der Waals surface area contributed by atoms with Crippen molar-refractivity contribution in [2.24, 2.45) is 0 Å². The van der Waals surface area contributed by atoms with Crippen molar-refractivity contribution in [3.8, 4) is 0 Å². The molecule has 8 heteroatoms. The number of pyridine rings is 1. The van der Waals surface area contributed by atoms with Gasteiger partial charge in [-0.05, 0) is 28.1 Å². The second-order valence-corrected chi connectivity index (χ2v) is 5.41. The minimum absolute atomic E-state index is 0.168. The fourth-order valence-electron chi connectivity index (χ4n) is 1.93. The van der Waals surface area contributed by atoms with Crippen LogP contribution in [0.4, 0.5) is 20.5 Å². The van der Waals surface area contributed by atoms with Gasteiger partial charge >= 0.3 is 0 Å². The predicted octanol–water partition coefficient (Wildman–Crippen LogP) is 3.22. The molecule has 0 radical (unpaired) electrons. The first-order chi connectivity index (χ1) is 9.02. The largest absolute Gasteiger partial charge is 0.307 e. The molecule has 0 spiro atoms. The molecule has 0 amide bonds. The van der Waals surface area contributed by atoms with Gasteiger partial charge in [0.2, 0.25) is 11.9 Å². The van der Waals surface area contributed by atoms with Crippen LogP contribution in [-0.4, -0.2) is 26.1 Å². The third-order valence-corrected chi connectivity index (χ3v) is 3.42. The first-order valence-corrected chi connectivity index (χ1v) is 6.50. The van der Waals surface area contributed by atoms with Crippen molar-refractivity contribution in [1.82, 2.24) is 20.2 Å². The summed E-state index contributed by atoms with van der Waals surface area (Å²) in [5, 5.41) is 9.53. The Hall–Kier alpha value is -1.57. The van der Waals surface area contributed by atoms with Crippen molar-refractivity contribution in [2.75, 3.05) is 5.32 Å². The fraction of sp³-hybridized carbons (Fsp3) is 0.364. The van der Waals surface area contributed by atoms with Gasteiger partial charge in [0.25, 0.3) is 0 Å². The number of aromatic nitrogens is 4. The minimum Gasteiger partial charge on any atom is -0.307 e. The summed E-state index contributed by atoms with van der Waals surface area (Å²) in [6.07, 6.45) is 1.30. The van der Waals surface area contributed by atoms with Crippen LogP contribution >= 0.6 is 15.9 Å². The van der Waals surface area contributed by atoms with Gasteiger partial charge in [0.05, 0.1) is 0 Å². The van der Waals surface area contributed by atoms with Gasteiger partial charge in [-0.3, -0.25) is 5.10 Å². The average molecular weight is 330 g/mol. The van der Waals surface area contributed by atoms with E-state index < -0.39 is 5.92 Å². The Balaban J connectivity index is 1.67. The second-order valence-electron chi connectivity index (χ2n) is 4.49. The van der Waals surface area contributed by atoms with Crippen LogP contribution in [-0.2, 0) is 0 Å². The Morgan fingerprint density at radius 3 is 2.79 bits per heavy atom. The van der Waals surface area contributed by atoms with Crippen molar-refractivity contribution in [3.05, 3.63) is 28.6 Å². The predicted molar refractivity (Wildman–Crippen MR) is 68.5 cm³/mol. The number of hydrogen-bond donors (Lipinski definition) is 2. The molecule has 0 unspecified atom stereocenters. The Labute approximate surface area is 116 Å². The molecule has 3 rings (SSSR count). The highest BCUT2D eigenvalue weighted by Crippen LogP contribution is 2.47. The van der Waals surface area contributed by atoms with E-state index in [1.807, 2.05) is 6.07 Å². The molecule has 0 aliphatic heterocycles. The molecule has 0 aromatic carbocycles. The first-order valence-electron chi connectivity index (χ1n) is 5.70. The van der Waals surface area contributed by atoms with E-state index in [1.54, 1.807) is 12.3 Å². The first kappa shape index (κ1) is 12.5. The summed E-state index contributed by atoms with van der Waals surface area (Å²) in [7, 11) is 0. The molecule has 1 fully saturated rings. The summed E-state index contributed by atoms with van der Waals surface area (Å²) >= 11 is 3.28. The van der Waals surface area contributed by atoms with Crippen LogP contribution < -0.4 is 5.32 Å². The lowest BCUT2D eigenvalue weighted by Gasteiger charge is -2.32. The Bertz CT molecular complexity index is 575. The topological polar surface area (TPSA) is 66.5 Å². The molecular weight excluding hydrogens is 320 g/mol. The quantitative estimate of drug-likeness (QED) is 0.907. The highest BCUT2D eigenvalue weighted by Gasteiger charge is 2.47. The molecule has 2 aromatic heterocycles. The van der Waals surface area contributed by atoms with Gasteiger partial charge in [-0.15, -0.1) is 5.10 Å². The smallest absolute Gasteiger partial charge is 0.249 e. The fourth-order valence-corrected chi connectivity index (χ4v) is 2.17. The van der Waals surface area contributed by atoms with Gasteiger partial charge in [-0.25, -0.2) is 13.8 Å². The Kier molecular flexibility index (Phi) is 2.96. The monoisotopic (exact) mass is 329 g/mol. The number of hydrogen-bond acceptors (Lipinski definition) is 4. The molecular formula is C11H10BrF2N5. The maximum absolute atomic E-state index is 12.8. The van der Waals surface area contributed by atoms with E-state index in [-0.39, 0.29) is 18.8 Å². The van der Waals surface area contributed by atoms with Crippen molar-refractivity contribution in [1.29, 1.82) is 0 Å². The number of halogens is 3. The average Bonchev–Trinajstić information content (AvgIpc) is 2.77. The molecule has 100 valence electrons. The van der Waals surface area contributed by atoms with E-state index in [2.05, 4.69) is 41.4 Å². The number of alkyl halides is 2. The van der Waals surface area contributed by atoms with Crippen LogP contribution in [0.3, 0.4) is 0 Å². The summed E-state index contributed by atoms with van der Waals surface area (Å²) in [6, 6.07) is 3.59. The molecule has 5 nitrogen and oxygen atoms in total. The summed E-state index contributed by atoms with van der Waals surface area (Å²) in [6.45, 7) is 0. The Morgan fingerprint density at radius 2 is 2.16 bits per heavy atom. The molecule has 1 aliphatic carbocycles. The van der Waals surface area contributed by atoms with E-state index in [9.17, 15) is 8.78 Å². The highest BCUT2D eigenvalue weighted by atomic mass is 79.9. The van der Waals surface area contributed by atoms with Gasteiger partial charge in [0.15, 0.2) is 0 Å². The van der Waals surface area contributed by atoms with Gasteiger partial charge in [-0.1, -0.05) is 0 Å². The lowest BCUT2D eigenvalue weighted by molar-refractivity contribution is -0.0884. The molecule has 0 atom stereocenters. The van der Waals surface area contributed by atoms with Crippen molar-refractivity contribution in [2.45, 2.75) is 24.7 Å². The zero-order valence-corrected chi connectivity index (χ0v) is 11.3. The molecule has 2 heterocycles. The van der Waals surface area contributed by atoms with E-state index in [1.165, 1.54) is 0 Å².